The number of ether oxygens (including phenoxy) is 6. The van der Waals surface area contributed by atoms with E-state index in [1.54, 1.807) is 0 Å². The second-order valence-corrected chi connectivity index (χ2v) is 4.62. The van der Waals surface area contributed by atoms with Crippen molar-refractivity contribution < 1.29 is 47.7 Å². The lowest BCUT2D eigenvalue weighted by atomic mass is 10.2. The Balaban J connectivity index is 3.23. The molecule has 27 heavy (non-hydrogen) atoms. The minimum Gasteiger partial charge on any atom is -0.482 e. The molecule has 0 bridgehead atoms. The third-order valence-electron chi connectivity index (χ3n) is 2.93. The van der Waals surface area contributed by atoms with E-state index in [1.165, 1.54) is 0 Å². The SMILES string of the molecule is COC(=O)COc1cc(OCC(=O)OC)c([N+](=O)[O-])c(OCC(=O)OC)c1. The molecule has 0 aliphatic heterocycles. The van der Waals surface area contributed by atoms with Crippen molar-refractivity contribution >= 4 is 23.6 Å². The van der Waals surface area contributed by atoms with Crippen LogP contribution in [0.4, 0.5) is 5.69 Å². The summed E-state index contributed by atoms with van der Waals surface area (Å²) in [6.45, 7) is -1.76. The Morgan fingerprint density at radius 2 is 1.19 bits per heavy atom. The molecule has 0 aromatic heterocycles. The van der Waals surface area contributed by atoms with Crippen molar-refractivity contribution in [2.75, 3.05) is 41.2 Å². The van der Waals surface area contributed by atoms with Crippen molar-refractivity contribution in [1.82, 2.24) is 0 Å². The van der Waals surface area contributed by atoms with Gasteiger partial charge in [0.1, 0.15) is 5.75 Å². The molecule has 0 N–H and O–H groups in total. The van der Waals surface area contributed by atoms with E-state index in [9.17, 15) is 24.5 Å². The first-order chi connectivity index (χ1) is 12.8. The highest BCUT2D eigenvalue weighted by Gasteiger charge is 2.26. The minimum atomic E-state index is -0.830. The van der Waals surface area contributed by atoms with Crippen LogP contribution in [0.1, 0.15) is 0 Å². The number of nitrogens with zero attached hydrogens (tertiary/aromatic N) is 1. The van der Waals surface area contributed by atoms with Crippen molar-refractivity contribution in [3.05, 3.63) is 22.2 Å². The van der Waals surface area contributed by atoms with E-state index >= 15 is 0 Å². The van der Waals surface area contributed by atoms with Crippen LogP contribution in [-0.4, -0.2) is 64.0 Å². The number of hydrogen-bond acceptors (Lipinski definition) is 11. The fourth-order valence-electron chi connectivity index (χ4n) is 1.63. The normalized spacial score (nSPS) is 9.74. The van der Waals surface area contributed by atoms with E-state index in [4.69, 9.17) is 14.2 Å². The predicted molar refractivity (Wildman–Crippen MR) is 85.6 cm³/mol. The van der Waals surface area contributed by atoms with Gasteiger partial charge in [0.15, 0.2) is 19.8 Å². The second kappa shape index (κ2) is 10.4. The molecule has 0 amide bonds. The first-order valence-corrected chi connectivity index (χ1v) is 7.23. The Morgan fingerprint density at radius 3 is 1.52 bits per heavy atom. The zero-order valence-corrected chi connectivity index (χ0v) is 14.7. The van der Waals surface area contributed by atoms with Gasteiger partial charge >= 0.3 is 23.6 Å². The Morgan fingerprint density at radius 1 is 0.815 bits per heavy atom. The molecule has 148 valence electrons. The molecule has 12 nitrogen and oxygen atoms in total. The van der Waals surface area contributed by atoms with Crippen LogP contribution >= 0.6 is 0 Å². The largest absolute Gasteiger partial charge is 0.482 e. The lowest BCUT2D eigenvalue weighted by Crippen LogP contribution is -2.16. The molecular formula is C15H17NO11. The first kappa shape index (κ1) is 21.5. The van der Waals surface area contributed by atoms with Crippen LogP contribution in [0, 0.1) is 10.1 Å². The van der Waals surface area contributed by atoms with E-state index < -0.39 is 59.8 Å². The summed E-state index contributed by atoms with van der Waals surface area (Å²) in [5, 5.41) is 11.4. The summed E-state index contributed by atoms with van der Waals surface area (Å²) in [6.07, 6.45) is 0. The van der Waals surface area contributed by atoms with Crippen LogP contribution in [0.3, 0.4) is 0 Å². The number of carbonyl (C=O) groups is 3. The van der Waals surface area contributed by atoms with Crippen molar-refractivity contribution in [3.63, 3.8) is 0 Å². The van der Waals surface area contributed by atoms with E-state index in [0.717, 1.165) is 33.5 Å². The molecule has 1 aromatic rings. The van der Waals surface area contributed by atoms with Gasteiger partial charge in [0.05, 0.1) is 26.3 Å². The summed E-state index contributed by atoms with van der Waals surface area (Å²) in [6, 6.07) is 2.16. The summed E-state index contributed by atoms with van der Waals surface area (Å²) in [5.74, 6) is -3.14. The molecular weight excluding hydrogens is 370 g/mol. The molecule has 0 fully saturated rings. The van der Waals surface area contributed by atoms with Crippen molar-refractivity contribution in [1.29, 1.82) is 0 Å². The monoisotopic (exact) mass is 387 g/mol. The van der Waals surface area contributed by atoms with Crippen molar-refractivity contribution in [3.8, 4) is 17.2 Å². The molecule has 0 radical (unpaired) electrons. The zero-order chi connectivity index (χ0) is 20.4. The molecule has 0 heterocycles. The molecule has 0 atom stereocenters. The smallest absolute Gasteiger partial charge is 0.352 e. The van der Waals surface area contributed by atoms with Crippen LogP contribution in [-0.2, 0) is 28.6 Å². The number of nitro benzene ring substituents is 1. The standard InChI is InChI=1S/C15H17NO11/c1-22-12(17)6-25-9-4-10(26-7-13(18)23-2)15(16(20)21)11(5-9)27-8-14(19)24-3/h4-5H,6-8H2,1-3H3. The second-order valence-electron chi connectivity index (χ2n) is 4.62. The number of methoxy groups -OCH3 is 3. The van der Waals surface area contributed by atoms with E-state index in [2.05, 4.69) is 14.2 Å². The maximum Gasteiger partial charge on any atom is 0.352 e. The van der Waals surface area contributed by atoms with Gasteiger partial charge in [-0.1, -0.05) is 0 Å². The van der Waals surface area contributed by atoms with Gasteiger partial charge in [-0.05, 0) is 0 Å². The lowest BCUT2D eigenvalue weighted by molar-refractivity contribution is -0.386. The minimum absolute atomic E-state index is 0.0641. The van der Waals surface area contributed by atoms with E-state index in [1.807, 2.05) is 0 Å². The third-order valence-corrected chi connectivity index (χ3v) is 2.93. The van der Waals surface area contributed by atoms with Gasteiger partial charge in [-0.3, -0.25) is 10.1 Å². The average molecular weight is 387 g/mol. The number of benzene rings is 1. The number of rotatable bonds is 10. The van der Waals surface area contributed by atoms with Gasteiger partial charge in [-0.2, -0.15) is 0 Å². The topological polar surface area (TPSA) is 150 Å². The quantitative estimate of drug-likeness (QED) is 0.235. The van der Waals surface area contributed by atoms with Crippen LogP contribution in [0.15, 0.2) is 12.1 Å². The maximum atomic E-state index is 11.4. The van der Waals surface area contributed by atoms with Gasteiger partial charge in [0.2, 0.25) is 11.5 Å². The molecule has 0 spiro atoms. The van der Waals surface area contributed by atoms with E-state index in [0.29, 0.717) is 0 Å². The van der Waals surface area contributed by atoms with Gasteiger partial charge in [0, 0.05) is 12.1 Å². The zero-order valence-electron chi connectivity index (χ0n) is 14.7. The van der Waals surface area contributed by atoms with Crippen LogP contribution in [0.2, 0.25) is 0 Å². The van der Waals surface area contributed by atoms with Gasteiger partial charge in [-0.15, -0.1) is 0 Å². The maximum absolute atomic E-state index is 11.4. The van der Waals surface area contributed by atoms with Crippen LogP contribution in [0.5, 0.6) is 17.2 Å². The molecule has 12 heteroatoms. The molecule has 1 rings (SSSR count). The Kier molecular flexibility index (Phi) is 8.29. The lowest BCUT2D eigenvalue weighted by Gasteiger charge is -2.13. The fraction of sp³-hybridized carbons (Fsp3) is 0.400. The van der Waals surface area contributed by atoms with Crippen LogP contribution < -0.4 is 14.2 Å². The van der Waals surface area contributed by atoms with Gasteiger partial charge < -0.3 is 28.4 Å². The molecule has 1 aromatic carbocycles. The fourth-order valence-corrected chi connectivity index (χ4v) is 1.63. The average Bonchev–Trinajstić information content (AvgIpc) is 2.67. The molecule has 0 aliphatic carbocycles. The summed E-state index contributed by atoms with van der Waals surface area (Å²) >= 11 is 0. The number of carbonyl (C=O) groups excluding carboxylic acids is 3. The summed E-state index contributed by atoms with van der Waals surface area (Å²) in [4.78, 5) is 44.2. The van der Waals surface area contributed by atoms with Crippen molar-refractivity contribution in [2.24, 2.45) is 0 Å². The predicted octanol–water partition coefficient (Wildman–Crippen LogP) is 0.250. The Hall–Kier alpha value is -3.57. The van der Waals surface area contributed by atoms with Crippen LogP contribution in [0.25, 0.3) is 0 Å². The van der Waals surface area contributed by atoms with Gasteiger partial charge in [-0.25, -0.2) is 14.4 Å². The first-order valence-electron chi connectivity index (χ1n) is 7.23. The number of nitro groups is 1. The summed E-state index contributed by atoms with van der Waals surface area (Å²) in [5.41, 5.74) is -0.659. The molecule has 0 saturated heterocycles. The molecule has 0 unspecified atom stereocenters. The highest BCUT2D eigenvalue weighted by molar-refractivity contribution is 5.73. The Bertz CT molecular complexity index is 675. The summed E-state index contributed by atoms with van der Waals surface area (Å²) < 4.78 is 28.6. The number of hydrogen-bond donors (Lipinski definition) is 0. The summed E-state index contributed by atoms with van der Waals surface area (Å²) in [7, 11) is 3.37. The van der Waals surface area contributed by atoms with Crippen molar-refractivity contribution in [2.45, 2.75) is 0 Å². The van der Waals surface area contributed by atoms with E-state index in [-0.39, 0.29) is 5.75 Å². The highest BCUT2D eigenvalue weighted by atomic mass is 16.6. The van der Waals surface area contributed by atoms with Gasteiger partial charge in [0.25, 0.3) is 0 Å². The number of esters is 3. The molecule has 0 saturated carbocycles. The highest BCUT2D eigenvalue weighted by Crippen LogP contribution is 2.41. The molecule has 0 aliphatic rings. The third kappa shape index (κ3) is 6.68. The Labute approximate surface area is 153 Å².